The number of hydrogen-bond donors (Lipinski definition) is 2. The van der Waals surface area contributed by atoms with Gasteiger partial charge in [-0.25, -0.2) is 0 Å². The second kappa shape index (κ2) is 9.82. The Morgan fingerprint density at radius 2 is 2.04 bits per heavy atom. The molecule has 2 rings (SSSR count). The molecule has 148 valence electrons. The molecule has 8 nitrogen and oxygen atoms in total. The van der Waals surface area contributed by atoms with Gasteiger partial charge in [0.15, 0.2) is 5.96 Å². The van der Waals surface area contributed by atoms with E-state index >= 15 is 0 Å². The molecule has 0 aliphatic carbocycles. The Labute approximate surface area is 161 Å². The molecule has 1 atom stereocenters. The van der Waals surface area contributed by atoms with Crippen LogP contribution < -0.4 is 20.1 Å². The van der Waals surface area contributed by atoms with Crippen LogP contribution in [0.4, 0.5) is 0 Å². The Balaban J connectivity index is 1.97. The number of rotatable bonds is 8. The molecule has 0 aliphatic rings. The van der Waals surface area contributed by atoms with E-state index in [0.29, 0.717) is 13.1 Å². The molecule has 0 spiro atoms. The van der Waals surface area contributed by atoms with Gasteiger partial charge in [-0.3, -0.25) is 9.67 Å². The highest BCUT2D eigenvalue weighted by Gasteiger charge is 2.16. The molecule has 2 aromatic rings. The normalized spacial score (nSPS) is 12.8. The van der Waals surface area contributed by atoms with E-state index in [1.165, 1.54) is 0 Å². The maximum Gasteiger partial charge on any atom is 0.191 e. The van der Waals surface area contributed by atoms with E-state index in [0.717, 1.165) is 28.6 Å². The van der Waals surface area contributed by atoms with E-state index in [1.807, 2.05) is 42.3 Å². The van der Waals surface area contributed by atoms with Crippen LogP contribution in [0.15, 0.2) is 35.6 Å². The summed E-state index contributed by atoms with van der Waals surface area (Å²) in [4.78, 5) is 6.47. The number of nitrogens with one attached hydrogen (secondary N) is 2. The number of benzene rings is 1. The maximum atomic E-state index is 5.45. The summed E-state index contributed by atoms with van der Waals surface area (Å²) in [5.41, 5.74) is 2.18. The molecule has 0 saturated heterocycles. The lowest BCUT2D eigenvalue weighted by Gasteiger charge is -2.24. The molecule has 0 amide bonds. The first kappa shape index (κ1) is 20.6. The predicted molar refractivity (Wildman–Crippen MR) is 107 cm³/mol. The van der Waals surface area contributed by atoms with Gasteiger partial charge < -0.3 is 25.0 Å². The zero-order chi connectivity index (χ0) is 19.8. The van der Waals surface area contributed by atoms with E-state index in [9.17, 15) is 0 Å². The van der Waals surface area contributed by atoms with Crippen molar-refractivity contribution in [3.63, 3.8) is 0 Å². The van der Waals surface area contributed by atoms with E-state index < -0.39 is 0 Å². The summed E-state index contributed by atoms with van der Waals surface area (Å²) in [6, 6.07) is 5.96. The Morgan fingerprint density at radius 3 is 2.59 bits per heavy atom. The molecule has 0 fully saturated rings. The number of aliphatic imine (C=N–C) groups is 1. The highest BCUT2D eigenvalue weighted by Crippen LogP contribution is 2.24. The van der Waals surface area contributed by atoms with Crippen LogP contribution in [-0.4, -0.2) is 62.5 Å². The molecule has 0 saturated carbocycles. The van der Waals surface area contributed by atoms with Gasteiger partial charge in [-0.1, -0.05) is 0 Å². The van der Waals surface area contributed by atoms with Gasteiger partial charge in [0.05, 0.1) is 26.5 Å². The monoisotopic (exact) mass is 374 g/mol. The lowest BCUT2D eigenvalue weighted by molar-refractivity contribution is 0.298. The van der Waals surface area contributed by atoms with Gasteiger partial charge in [0.25, 0.3) is 0 Å². The van der Waals surface area contributed by atoms with Gasteiger partial charge in [-0.05, 0) is 26.2 Å². The predicted octanol–water partition coefficient (Wildman–Crippen LogP) is 1.41. The quantitative estimate of drug-likeness (QED) is 0.537. The lowest BCUT2D eigenvalue weighted by atomic mass is 10.1. The van der Waals surface area contributed by atoms with Crippen molar-refractivity contribution in [3.05, 3.63) is 41.7 Å². The van der Waals surface area contributed by atoms with E-state index in [2.05, 4.69) is 39.7 Å². The van der Waals surface area contributed by atoms with E-state index in [-0.39, 0.29) is 6.04 Å². The fourth-order valence-electron chi connectivity index (χ4n) is 2.80. The summed E-state index contributed by atoms with van der Waals surface area (Å²) >= 11 is 0. The lowest BCUT2D eigenvalue weighted by Crippen LogP contribution is -2.41. The molecule has 0 radical (unpaired) electrons. The number of aryl methyl sites for hydroxylation is 1. The van der Waals surface area contributed by atoms with Gasteiger partial charge in [-0.15, -0.1) is 0 Å². The molecule has 1 aromatic heterocycles. The first-order chi connectivity index (χ1) is 13.0. The molecule has 8 heteroatoms. The minimum Gasteiger partial charge on any atom is -0.497 e. The van der Waals surface area contributed by atoms with Crippen molar-refractivity contribution in [3.8, 4) is 11.5 Å². The van der Waals surface area contributed by atoms with Crippen LogP contribution in [0.3, 0.4) is 0 Å². The first-order valence-electron chi connectivity index (χ1n) is 8.78. The molecule has 0 aliphatic heterocycles. The SMILES string of the molecule is CN=C(NCc1ccc(OC)cc1OC)NCC(c1cnn(C)c1)N(C)C. The smallest absolute Gasteiger partial charge is 0.191 e. The molecule has 2 N–H and O–H groups in total. The summed E-state index contributed by atoms with van der Waals surface area (Å²) < 4.78 is 12.5. The third-order valence-electron chi connectivity index (χ3n) is 4.36. The molecule has 1 aromatic carbocycles. The Kier molecular flexibility index (Phi) is 7.48. The van der Waals surface area contributed by atoms with Gasteiger partial charge in [0.1, 0.15) is 11.5 Å². The molecule has 0 bridgehead atoms. The third kappa shape index (κ3) is 5.62. The summed E-state index contributed by atoms with van der Waals surface area (Å²) in [6.45, 7) is 1.30. The van der Waals surface area contributed by atoms with Gasteiger partial charge in [-0.2, -0.15) is 5.10 Å². The van der Waals surface area contributed by atoms with Crippen molar-refractivity contribution in [2.45, 2.75) is 12.6 Å². The Hall–Kier alpha value is -2.74. The Morgan fingerprint density at radius 1 is 1.26 bits per heavy atom. The first-order valence-corrected chi connectivity index (χ1v) is 8.78. The third-order valence-corrected chi connectivity index (χ3v) is 4.36. The summed E-state index contributed by atoms with van der Waals surface area (Å²) in [5, 5.41) is 11.0. The van der Waals surface area contributed by atoms with Crippen LogP contribution in [-0.2, 0) is 13.6 Å². The number of likely N-dealkylation sites (N-methyl/N-ethyl adjacent to an activating group) is 1. The van der Waals surface area contributed by atoms with Gasteiger partial charge in [0, 0.05) is 50.6 Å². The van der Waals surface area contributed by atoms with Crippen LogP contribution in [0.25, 0.3) is 0 Å². The zero-order valence-corrected chi connectivity index (χ0v) is 17.0. The highest BCUT2D eigenvalue weighted by molar-refractivity contribution is 5.79. The minimum absolute atomic E-state index is 0.188. The average Bonchev–Trinajstić information content (AvgIpc) is 3.09. The Bertz CT molecular complexity index is 756. The summed E-state index contributed by atoms with van der Waals surface area (Å²) in [5.74, 6) is 2.27. The van der Waals surface area contributed by atoms with Crippen molar-refractivity contribution in [1.29, 1.82) is 0 Å². The zero-order valence-electron chi connectivity index (χ0n) is 17.0. The fourth-order valence-corrected chi connectivity index (χ4v) is 2.80. The van der Waals surface area contributed by atoms with Crippen LogP contribution >= 0.6 is 0 Å². The van der Waals surface area contributed by atoms with Crippen LogP contribution in [0, 0.1) is 0 Å². The summed E-state index contributed by atoms with van der Waals surface area (Å²) in [6.07, 6.45) is 3.93. The fraction of sp³-hybridized carbons (Fsp3) is 0.474. The number of aromatic nitrogens is 2. The summed E-state index contributed by atoms with van der Waals surface area (Å²) in [7, 11) is 11.1. The number of guanidine groups is 1. The van der Waals surface area contributed by atoms with Crippen molar-refractivity contribution >= 4 is 5.96 Å². The number of methoxy groups -OCH3 is 2. The number of hydrogen-bond acceptors (Lipinski definition) is 5. The van der Waals surface area contributed by atoms with Gasteiger partial charge in [0.2, 0.25) is 0 Å². The molecular weight excluding hydrogens is 344 g/mol. The second-order valence-electron chi connectivity index (χ2n) is 6.41. The number of ether oxygens (including phenoxy) is 2. The molecule has 27 heavy (non-hydrogen) atoms. The van der Waals surface area contributed by atoms with Crippen LogP contribution in [0.2, 0.25) is 0 Å². The standard InChI is InChI=1S/C19H30N6O2/c1-20-19(21-10-14-7-8-16(26-5)9-18(14)27-6)22-12-17(24(2)3)15-11-23-25(4)13-15/h7-9,11,13,17H,10,12H2,1-6H3,(H2,20,21,22). The largest absolute Gasteiger partial charge is 0.497 e. The topological polar surface area (TPSA) is 75.9 Å². The van der Waals surface area contributed by atoms with E-state index in [1.54, 1.807) is 21.3 Å². The minimum atomic E-state index is 0.188. The van der Waals surface area contributed by atoms with Crippen LogP contribution in [0.5, 0.6) is 11.5 Å². The highest BCUT2D eigenvalue weighted by atomic mass is 16.5. The molecule has 1 unspecified atom stereocenters. The van der Waals surface area contributed by atoms with Crippen molar-refractivity contribution in [2.75, 3.05) is 41.9 Å². The van der Waals surface area contributed by atoms with Crippen molar-refractivity contribution < 1.29 is 9.47 Å². The maximum absolute atomic E-state index is 5.45. The van der Waals surface area contributed by atoms with Crippen molar-refractivity contribution in [2.24, 2.45) is 12.0 Å². The molecular formula is C19H30N6O2. The number of nitrogens with zero attached hydrogens (tertiary/aromatic N) is 4. The van der Waals surface area contributed by atoms with Crippen LogP contribution in [0.1, 0.15) is 17.2 Å². The molecule has 1 heterocycles. The second-order valence-corrected chi connectivity index (χ2v) is 6.41. The average molecular weight is 374 g/mol. The van der Waals surface area contributed by atoms with Gasteiger partial charge >= 0.3 is 0 Å². The van der Waals surface area contributed by atoms with E-state index in [4.69, 9.17) is 9.47 Å². The van der Waals surface area contributed by atoms with Crippen molar-refractivity contribution in [1.82, 2.24) is 25.3 Å².